The maximum absolute atomic E-state index is 12.9. The molecule has 1 heterocycles. The highest BCUT2D eigenvalue weighted by molar-refractivity contribution is 7.09. The van der Waals surface area contributed by atoms with Crippen molar-refractivity contribution in [3.8, 4) is 17.0 Å². The van der Waals surface area contributed by atoms with Gasteiger partial charge in [0.05, 0.1) is 5.69 Å². The minimum atomic E-state index is -1.04. The SMILES string of the molecule is O=C(O)c1ccccc1OCc1nc(-c2ccc(F)cc2)cs1. The third kappa shape index (κ3) is 3.54. The summed E-state index contributed by atoms with van der Waals surface area (Å²) < 4.78 is 18.5. The van der Waals surface area contributed by atoms with E-state index in [2.05, 4.69) is 4.98 Å². The number of carboxylic acid groups (broad SMARTS) is 1. The van der Waals surface area contributed by atoms with Gasteiger partial charge in [0.1, 0.15) is 28.7 Å². The largest absolute Gasteiger partial charge is 0.486 e. The van der Waals surface area contributed by atoms with Crippen LogP contribution in [0.25, 0.3) is 11.3 Å². The molecule has 6 heteroatoms. The highest BCUT2D eigenvalue weighted by atomic mass is 32.1. The summed E-state index contributed by atoms with van der Waals surface area (Å²) in [6.45, 7) is 0.177. The first kappa shape index (κ1) is 15.2. The standard InChI is InChI=1S/C17H12FNO3S/c18-12-7-5-11(6-8-12)14-10-23-16(19-14)9-22-15-4-2-1-3-13(15)17(20)21/h1-8,10H,9H2,(H,20,21). The van der Waals surface area contributed by atoms with Crippen LogP contribution in [-0.4, -0.2) is 16.1 Å². The molecule has 23 heavy (non-hydrogen) atoms. The molecule has 3 rings (SSSR count). The van der Waals surface area contributed by atoms with Gasteiger partial charge in [0.25, 0.3) is 0 Å². The number of para-hydroxylation sites is 1. The molecule has 0 unspecified atom stereocenters. The Morgan fingerprint density at radius 2 is 1.91 bits per heavy atom. The zero-order valence-electron chi connectivity index (χ0n) is 11.9. The van der Waals surface area contributed by atoms with E-state index in [0.29, 0.717) is 10.8 Å². The second kappa shape index (κ2) is 6.58. The molecule has 0 saturated carbocycles. The molecule has 0 aliphatic rings. The van der Waals surface area contributed by atoms with E-state index in [4.69, 9.17) is 9.84 Å². The van der Waals surface area contributed by atoms with Crippen LogP contribution in [0.15, 0.2) is 53.9 Å². The first-order valence-electron chi connectivity index (χ1n) is 6.79. The Bertz CT molecular complexity index is 830. The summed E-state index contributed by atoms with van der Waals surface area (Å²) >= 11 is 1.40. The van der Waals surface area contributed by atoms with Crippen molar-refractivity contribution in [2.45, 2.75) is 6.61 Å². The molecule has 0 radical (unpaired) electrons. The average molecular weight is 329 g/mol. The van der Waals surface area contributed by atoms with Crippen molar-refractivity contribution in [2.24, 2.45) is 0 Å². The first-order chi connectivity index (χ1) is 11.1. The second-order valence-corrected chi connectivity index (χ2v) is 5.67. The molecule has 0 atom stereocenters. The van der Waals surface area contributed by atoms with Crippen LogP contribution < -0.4 is 4.74 Å². The Morgan fingerprint density at radius 1 is 1.17 bits per heavy atom. The Labute approximate surface area is 135 Å². The number of hydrogen-bond acceptors (Lipinski definition) is 4. The fourth-order valence-corrected chi connectivity index (χ4v) is 2.75. The molecule has 1 aromatic heterocycles. The number of aromatic nitrogens is 1. The highest BCUT2D eigenvalue weighted by Gasteiger charge is 2.11. The molecule has 0 spiro atoms. The van der Waals surface area contributed by atoms with Crippen LogP contribution in [0.4, 0.5) is 4.39 Å². The van der Waals surface area contributed by atoms with Gasteiger partial charge in [0.15, 0.2) is 0 Å². The van der Waals surface area contributed by atoms with Crippen LogP contribution >= 0.6 is 11.3 Å². The summed E-state index contributed by atoms with van der Waals surface area (Å²) in [6.07, 6.45) is 0. The Kier molecular flexibility index (Phi) is 4.34. The van der Waals surface area contributed by atoms with E-state index < -0.39 is 5.97 Å². The summed E-state index contributed by atoms with van der Waals surface area (Å²) in [5.41, 5.74) is 1.67. The van der Waals surface area contributed by atoms with E-state index in [9.17, 15) is 9.18 Å². The molecule has 2 aromatic carbocycles. The van der Waals surface area contributed by atoms with Gasteiger partial charge in [-0.3, -0.25) is 0 Å². The first-order valence-corrected chi connectivity index (χ1v) is 7.67. The maximum atomic E-state index is 12.9. The molecule has 0 aliphatic carbocycles. The molecule has 0 saturated heterocycles. The molecule has 0 amide bonds. The lowest BCUT2D eigenvalue weighted by Gasteiger charge is -2.06. The summed E-state index contributed by atoms with van der Waals surface area (Å²) in [5.74, 6) is -1.02. The van der Waals surface area contributed by atoms with Gasteiger partial charge in [-0.05, 0) is 36.4 Å². The van der Waals surface area contributed by atoms with Crippen LogP contribution in [-0.2, 0) is 6.61 Å². The van der Waals surface area contributed by atoms with Gasteiger partial charge < -0.3 is 9.84 Å². The van der Waals surface area contributed by atoms with Crippen molar-refractivity contribution < 1.29 is 19.0 Å². The third-order valence-electron chi connectivity index (χ3n) is 3.16. The molecule has 0 aliphatic heterocycles. The van der Waals surface area contributed by atoms with Crippen LogP contribution in [0.2, 0.25) is 0 Å². The highest BCUT2D eigenvalue weighted by Crippen LogP contribution is 2.24. The monoisotopic (exact) mass is 329 g/mol. The molecular weight excluding hydrogens is 317 g/mol. The summed E-state index contributed by atoms with van der Waals surface area (Å²) in [4.78, 5) is 15.5. The fourth-order valence-electron chi connectivity index (χ4n) is 2.04. The number of carbonyl (C=O) groups is 1. The maximum Gasteiger partial charge on any atom is 0.339 e. The smallest absolute Gasteiger partial charge is 0.339 e. The number of carboxylic acids is 1. The van der Waals surface area contributed by atoms with Crippen molar-refractivity contribution in [1.29, 1.82) is 0 Å². The van der Waals surface area contributed by atoms with Crippen LogP contribution in [0, 0.1) is 5.82 Å². The van der Waals surface area contributed by atoms with E-state index in [1.807, 2.05) is 5.38 Å². The van der Waals surface area contributed by atoms with Crippen molar-refractivity contribution in [3.05, 3.63) is 70.3 Å². The lowest BCUT2D eigenvalue weighted by molar-refractivity contribution is 0.0691. The Balaban J connectivity index is 1.73. The van der Waals surface area contributed by atoms with Gasteiger partial charge in [-0.15, -0.1) is 11.3 Å². The number of halogens is 1. The second-order valence-electron chi connectivity index (χ2n) is 4.72. The minimum absolute atomic E-state index is 0.114. The van der Waals surface area contributed by atoms with Gasteiger partial charge in [0.2, 0.25) is 0 Å². The quantitative estimate of drug-likeness (QED) is 0.761. The van der Waals surface area contributed by atoms with Gasteiger partial charge in [-0.1, -0.05) is 12.1 Å². The molecule has 0 fully saturated rings. The number of ether oxygens (including phenoxy) is 1. The topological polar surface area (TPSA) is 59.4 Å². The minimum Gasteiger partial charge on any atom is -0.486 e. The van der Waals surface area contributed by atoms with Gasteiger partial charge in [-0.2, -0.15) is 0 Å². The number of rotatable bonds is 5. The lowest BCUT2D eigenvalue weighted by Crippen LogP contribution is -2.03. The van der Waals surface area contributed by atoms with E-state index in [-0.39, 0.29) is 18.0 Å². The number of benzene rings is 2. The van der Waals surface area contributed by atoms with Crippen LogP contribution in [0.5, 0.6) is 5.75 Å². The van der Waals surface area contributed by atoms with Gasteiger partial charge >= 0.3 is 5.97 Å². The molecular formula is C17H12FNO3S. The number of thiazole rings is 1. The Morgan fingerprint density at radius 3 is 2.65 bits per heavy atom. The van der Waals surface area contributed by atoms with Crippen molar-refractivity contribution in [3.63, 3.8) is 0 Å². The normalized spacial score (nSPS) is 10.5. The van der Waals surface area contributed by atoms with E-state index in [1.54, 1.807) is 30.3 Å². The Hall–Kier alpha value is -2.73. The molecule has 3 aromatic rings. The number of nitrogens with zero attached hydrogens (tertiary/aromatic N) is 1. The van der Waals surface area contributed by atoms with Crippen molar-refractivity contribution in [1.82, 2.24) is 4.98 Å². The average Bonchev–Trinajstić information content (AvgIpc) is 3.03. The van der Waals surface area contributed by atoms with E-state index in [1.165, 1.54) is 29.5 Å². The zero-order valence-corrected chi connectivity index (χ0v) is 12.7. The molecule has 1 N–H and O–H groups in total. The zero-order chi connectivity index (χ0) is 16.2. The van der Waals surface area contributed by atoms with Crippen LogP contribution in [0.1, 0.15) is 15.4 Å². The predicted molar refractivity (Wildman–Crippen MR) is 85.2 cm³/mol. The van der Waals surface area contributed by atoms with Gasteiger partial charge in [0, 0.05) is 10.9 Å². The third-order valence-corrected chi connectivity index (χ3v) is 3.98. The summed E-state index contributed by atoms with van der Waals surface area (Å²) in [5, 5.41) is 11.7. The number of aromatic carboxylic acids is 1. The van der Waals surface area contributed by atoms with E-state index in [0.717, 1.165) is 11.3 Å². The summed E-state index contributed by atoms with van der Waals surface area (Å²) in [7, 11) is 0. The van der Waals surface area contributed by atoms with Gasteiger partial charge in [-0.25, -0.2) is 14.2 Å². The molecule has 0 bridgehead atoms. The van der Waals surface area contributed by atoms with Crippen molar-refractivity contribution in [2.75, 3.05) is 0 Å². The fraction of sp³-hybridized carbons (Fsp3) is 0.0588. The predicted octanol–water partition coefficient (Wildman–Crippen LogP) is 4.23. The molecule has 116 valence electrons. The van der Waals surface area contributed by atoms with Crippen molar-refractivity contribution >= 4 is 17.3 Å². The van der Waals surface area contributed by atoms with Crippen LogP contribution in [0.3, 0.4) is 0 Å². The van der Waals surface area contributed by atoms with E-state index >= 15 is 0 Å². The molecule has 4 nitrogen and oxygen atoms in total. The number of hydrogen-bond donors (Lipinski definition) is 1. The summed E-state index contributed by atoms with van der Waals surface area (Å²) in [6, 6.07) is 12.5. The lowest BCUT2D eigenvalue weighted by atomic mass is 10.2.